The second-order valence-corrected chi connectivity index (χ2v) is 6.42. The molecule has 0 aliphatic rings. The molecule has 0 radical (unpaired) electrons. The molecule has 0 bridgehead atoms. The van der Waals surface area contributed by atoms with E-state index in [9.17, 15) is 0 Å². The summed E-state index contributed by atoms with van der Waals surface area (Å²) < 4.78 is 8.18. The molecule has 0 aliphatic carbocycles. The van der Waals surface area contributed by atoms with Crippen LogP contribution in [0.4, 0.5) is 0 Å². The van der Waals surface area contributed by atoms with Gasteiger partial charge in [0, 0.05) is 6.04 Å². The van der Waals surface area contributed by atoms with Crippen LogP contribution in [-0.2, 0) is 12.0 Å². The van der Waals surface area contributed by atoms with E-state index in [2.05, 4.69) is 56.3 Å². The van der Waals surface area contributed by atoms with E-state index in [0.717, 1.165) is 11.4 Å². The zero-order valence-corrected chi connectivity index (χ0v) is 13.1. The number of ether oxygens (including phenoxy) is 1. The van der Waals surface area contributed by atoms with Crippen molar-refractivity contribution in [1.82, 2.24) is 9.55 Å². The molecule has 0 aliphatic heterocycles. The molecule has 0 N–H and O–H groups in total. The standard InChI is InChI=1S/C17H24N2O/c1-13(2)19-12-18-10-14(19)11-20-16-9-7-6-8-15(16)17(3,4)5/h6-10,12-13H,11H2,1-5H3. The maximum atomic E-state index is 6.04. The van der Waals surface area contributed by atoms with Crippen molar-refractivity contribution in [1.29, 1.82) is 0 Å². The fourth-order valence-electron chi connectivity index (χ4n) is 2.27. The molecular weight excluding hydrogens is 248 g/mol. The molecule has 2 aromatic rings. The fourth-order valence-corrected chi connectivity index (χ4v) is 2.27. The lowest BCUT2D eigenvalue weighted by molar-refractivity contribution is 0.284. The van der Waals surface area contributed by atoms with Gasteiger partial charge in [0.1, 0.15) is 12.4 Å². The summed E-state index contributed by atoms with van der Waals surface area (Å²) in [5.41, 5.74) is 2.41. The van der Waals surface area contributed by atoms with Crippen LogP contribution >= 0.6 is 0 Å². The Bertz CT molecular complexity index is 564. The number of hydrogen-bond donors (Lipinski definition) is 0. The summed E-state index contributed by atoms with van der Waals surface area (Å²) in [6.45, 7) is 11.4. The third kappa shape index (κ3) is 3.21. The number of benzene rings is 1. The monoisotopic (exact) mass is 272 g/mol. The van der Waals surface area contributed by atoms with E-state index in [4.69, 9.17) is 4.74 Å². The summed E-state index contributed by atoms with van der Waals surface area (Å²) >= 11 is 0. The molecule has 0 atom stereocenters. The highest BCUT2D eigenvalue weighted by atomic mass is 16.5. The van der Waals surface area contributed by atoms with Gasteiger partial charge in [0.15, 0.2) is 0 Å². The summed E-state index contributed by atoms with van der Waals surface area (Å²) in [5.74, 6) is 0.955. The SMILES string of the molecule is CC(C)n1cncc1COc1ccccc1C(C)(C)C. The van der Waals surface area contributed by atoms with Crippen molar-refractivity contribution in [2.24, 2.45) is 0 Å². The van der Waals surface area contributed by atoms with E-state index in [1.807, 2.05) is 24.7 Å². The molecule has 0 fully saturated rings. The summed E-state index contributed by atoms with van der Waals surface area (Å²) in [4.78, 5) is 4.21. The van der Waals surface area contributed by atoms with E-state index in [1.165, 1.54) is 5.56 Å². The molecule has 20 heavy (non-hydrogen) atoms. The van der Waals surface area contributed by atoms with Crippen molar-refractivity contribution in [3.63, 3.8) is 0 Å². The van der Waals surface area contributed by atoms with Crippen LogP contribution in [0.15, 0.2) is 36.8 Å². The van der Waals surface area contributed by atoms with Crippen molar-refractivity contribution < 1.29 is 4.74 Å². The van der Waals surface area contributed by atoms with Gasteiger partial charge in [-0.3, -0.25) is 0 Å². The zero-order chi connectivity index (χ0) is 14.8. The van der Waals surface area contributed by atoms with Gasteiger partial charge in [-0.05, 0) is 30.9 Å². The first-order valence-electron chi connectivity index (χ1n) is 7.12. The normalized spacial score (nSPS) is 11.9. The van der Waals surface area contributed by atoms with Gasteiger partial charge in [-0.2, -0.15) is 0 Å². The van der Waals surface area contributed by atoms with Gasteiger partial charge < -0.3 is 9.30 Å². The Kier molecular flexibility index (Phi) is 4.17. The average Bonchev–Trinajstić information content (AvgIpc) is 2.84. The minimum absolute atomic E-state index is 0.0783. The van der Waals surface area contributed by atoms with Gasteiger partial charge in [-0.15, -0.1) is 0 Å². The Morgan fingerprint density at radius 1 is 1.20 bits per heavy atom. The van der Waals surface area contributed by atoms with Gasteiger partial charge in [0.2, 0.25) is 0 Å². The fraction of sp³-hybridized carbons (Fsp3) is 0.471. The third-order valence-electron chi connectivity index (χ3n) is 3.37. The Labute approximate surface area is 121 Å². The molecule has 108 valence electrons. The van der Waals surface area contributed by atoms with Crippen LogP contribution < -0.4 is 4.74 Å². The second-order valence-electron chi connectivity index (χ2n) is 6.42. The summed E-state index contributed by atoms with van der Waals surface area (Å²) in [6, 6.07) is 8.65. The predicted molar refractivity (Wildman–Crippen MR) is 82.1 cm³/mol. The molecule has 0 unspecified atom stereocenters. The average molecular weight is 272 g/mol. The lowest BCUT2D eigenvalue weighted by Gasteiger charge is -2.23. The highest BCUT2D eigenvalue weighted by Gasteiger charge is 2.18. The topological polar surface area (TPSA) is 27.1 Å². The molecule has 1 heterocycles. The number of aromatic nitrogens is 2. The Balaban J connectivity index is 2.18. The summed E-state index contributed by atoms with van der Waals surface area (Å²) in [6.07, 6.45) is 3.73. The summed E-state index contributed by atoms with van der Waals surface area (Å²) in [5, 5.41) is 0. The Morgan fingerprint density at radius 2 is 1.90 bits per heavy atom. The van der Waals surface area contributed by atoms with Gasteiger partial charge in [-0.25, -0.2) is 4.98 Å². The molecule has 1 aromatic heterocycles. The molecule has 0 saturated carbocycles. The van der Waals surface area contributed by atoms with Gasteiger partial charge >= 0.3 is 0 Å². The second kappa shape index (κ2) is 5.70. The van der Waals surface area contributed by atoms with Crippen molar-refractivity contribution in [2.75, 3.05) is 0 Å². The van der Waals surface area contributed by atoms with Gasteiger partial charge in [0.25, 0.3) is 0 Å². The first-order chi connectivity index (χ1) is 9.39. The maximum Gasteiger partial charge on any atom is 0.130 e. The lowest BCUT2D eigenvalue weighted by atomic mass is 9.86. The first-order valence-corrected chi connectivity index (χ1v) is 7.12. The van der Waals surface area contributed by atoms with E-state index in [-0.39, 0.29) is 5.41 Å². The van der Waals surface area contributed by atoms with Crippen molar-refractivity contribution in [2.45, 2.75) is 52.7 Å². The molecule has 0 saturated heterocycles. The van der Waals surface area contributed by atoms with Gasteiger partial charge in [-0.1, -0.05) is 39.0 Å². The molecule has 1 aromatic carbocycles. The first kappa shape index (κ1) is 14.6. The van der Waals surface area contributed by atoms with Crippen LogP contribution in [0, 0.1) is 0 Å². The third-order valence-corrected chi connectivity index (χ3v) is 3.37. The van der Waals surface area contributed by atoms with Crippen LogP contribution in [0.3, 0.4) is 0 Å². The molecule has 0 spiro atoms. The molecule has 3 nitrogen and oxygen atoms in total. The van der Waals surface area contributed by atoms with E-state index in [0.29, 0.717) is 12.6 Å². The van der Waals surface area contributed by atoms with Crippen LogP contribution in [-0.4, -0.2) is 9.55 Å². The van der Waals surface area contributed by atoms with Gasteiger partial charge in [0.05, 0.1) is 18.2 Å². The minimum atomic E-state index is 0.0783. The van der Waals surface area contributed by atoms with Crippen LogP contribution in [0.2, 0.25) is 0 Å². The molecule has 2 rings (SSSR count). The molecule has 0 amide bonds. The van der Waals surface area contributed by atoms with Crippen molar-refractivity contribution in [3.05, 3.63) is 48.0 Å². The number of hydrogen-bond acceptors (Lipinski definition) is 2. The van der Waals surface area contributed by atoms with Crippen molar-refractivity contribution >= 4 is 0 Å². The van der Waals surface area contributed by atoms with E-state index >= 15 is 0 Å². The number of para-hydroxylation sites is 1. The summed E-state index contributed by atoms with van der Waals surface area (Å²) in [7, 11) is 0. The largest absolute Gasteiger partial charge is 0.487 e. The van der Waals surface area contributed by atoms with E-state index in [1.54, 1.807) is 0 Å². The Morgan fingerprint density at radius 3 is 2.55 bits per heavy atom. The number of nitrogens with zero attached hydrogens (tertiary/aromatic N) is 2. The quantitative estimate of drug-likeness (QED) is 0.827. The molecule has 3 heteroatoms. The van der Waals surface area contributed by atoms with Crippen LogP contribution in [0.5, 0.6) is 5.75 Å². The van der Waals surface area contributed by atoms with Crippen LogP contribution in [0.1, 0.15) is 51.9 Å². The van der Waals surface area contributed by atoms with Crippen LogP contribution in [0.25, 0.3) is 0 Å². The zero-order valence-electron chi connectivity index (χ0n) is 13.1. The maximum absolute atomic E-state index is 6.04. The highest BCUT2D eigenvalue weighted by molar-refractivity contribution is 5.38. The van der Waals surface area contributed by atoms with E-state index < -0.39 is 0 Å². The van der Waals surface area contributed by atoms with Crippen molar-refractivity contribution in [3.8, 4) is 5.75 Å². The lowest BCUT2D eigenvalue weighted by Crippen LogP contribution is -2.14. The number of rotatable bonds is 4. The minimum Gasteiger partial charge on any atom is -0.487 e. The predicted octanol–water partition coefficient (Wildman–Crippen LogP) is 4.34. The Hall–Kier alpha value is -1.77. The highest BCUT2D eigenvalue weighted by Crippen LogP contribution is 2.31. The molecular formula is C17H24N2O. The number of imidazole rings is 1. The smallest absolute Gasteiger partial charge is 0.130 e.